The summed E-state index contributed by atoms with van der Waals surface area (Å²) >= 11 is 13.4. The molecule has 122 valence electrons. The van der Waals surface area contributed by atoms with Crippen molar-refractivity contribution >= 4 is 51.3 Å². The van der Waals surface area contributed by atoms with E-state index in [1.807, 2.05) is 30.3 Å². The molecule has 0 amide bonds. The minimum atomic E-state index is -0.904. The van der Waals surface area contributed by atoms with Crippen LogP contribution in [0.15, 0.2) is 48.5 Å². The number of aliphatic carboxylic acids is 1. The zero-order valence-corrected chi connectivity index (χ0v) is 14.6. The molecule has 24 heavy (non-hydrogen) atoms. The molecule has 1 heterocycles. The summed E-state index contributed by atoms with van der Waals surface area (Å²) in [6.45, 7) is 0. The maximum Gasteiger partial charge on any atom is 0.308 e. The third-order valence-electron chi connectivity index (χ3n) is 3.24. The first-order chi connectivity index (χ1) is 11.5. The zero-order chi connectivity index (χ0) is 17.1. The lowest BCUT2D eigenvalue weighted by Crippen LogP contribution is -1.99. The number of anilines is 2. The van der Waals surface area contributed by atoms with Crippen LogP contribution in [-0.4, -0.2) is 16.1 Å². The smallest absolute Gasteiger partial charge is 0.308 e. The Kier molecular flexibility index (Phi) is 5.04. The third kappa shape index (κ3) is 3.87. The molecular weight excluding hydrogens is 367 g/mol. The van der Waals surface area contributed by atoms with Gasteiger partial charge < -0.3 is 10.4 Å². The largest absolute Gasteiger partial charge is 0.481 e. The Hall–Kier alpha value is -2.08. The predicted molar refractivity (Wildman–Crippen MR) is 98.6 cm³/mol. The highest BCUT2D eigenvalue weighted by atomic mass is 35.5. The molecule has 0 atom stereocenters. The molecule has 2 N–H and O–H groups in total. The molecule has 1 aromatic heterocycles. The fraction of sp³-hybridized carbons (Fsp3) is 0.0588. The van der Waals surface area contributed by atoms with Gasteiger partial charge >= 0.3 is 5.97 Å². The maximum atomic E-state index is 11.1. The van der Waals surface area contributed by atoms with E-state index < -0.39 is 5.97 Å². The molecule has 4 nitrogen and oxygen atoms in total. The zero-order valence-electron chi connectivity index (χ0n) is 12.3. The van der Waals surface area contributed by atoms with E-state index in [0.29, 0.717) is 25.7 Å². The summed E-state index contributed by atoms with van der Waals surface area (Å²) in [5, 5.41) is 14.1. The lowest BCUT2D eigenvalue weighted by Gasteiger charge is -2.04. The molecular formula is C17H12Cl2N2O2S. The van der Waals surface area contributed by atoms with Crippen molar-refractivity contribution in [3.05, 3.63) is 63.5 Å². The van der Waals surface area contributed by atoms with Crippen molar-refractivity contribution in [2.24, 2.45) is 0 Å². The number of carboxylic acids is 1. The van der Waals surface area contributed by atoms with Crippen molar-refractivity contribution in [3.8, 4) is 11.3 Å². The minimum Gasteiger partial charge on any atom is -0.481 e. The summed E-state index contributed by atoms with van der Waals surface area (Å²) in [5.41, 5.74) is 2.17. The van der Waals surface area contributed by atoms with E-state index in [4.69, 9.17) is 28.3 Å². The Labute approximate surface area is 152 Å². The van der Waals surface area contributed by atoms with Gasteiger partial charge in [-0.1, -0.05) is 47.5 Å². The molecule has 0 saturated carbocycles. The van der Waals surface area contributed by atoms with E-state index in [9.17, 15) is 4.79 Å². The van der Waals surface area contributed by atoms with Crippen LogP contribution in [0.3, 0.4) is 0 Å². The molecule has 0 radical (unpaired) electrons. The number of carboxylic acid groups (broad SMARTS) is 1. The molecule has 0 spiro atoms. The normalized spacial score (nSPS) is 10.6. The second-order valence-electron chi connectivity index (χ2n) is 4.97. The SMILES string of the molecule is O=C(O)Cc1sc(Nc2ccccc2Cl)nc1-c1ccc(Cl)cc1. The lowest BCUT2D eigenvalue weighted by atomic mass is 10.1. The van der Waals surface area contributed by atoms with E-state index >= 15 is 0 Å². The van der Waals surface area contributed by atoms with Gasteiger partial charge in [0.25, 0.3) is 0 Å². The molecule has 2 aromatic carbocycles. The molecule has 0 bridgehead atoms. The Bertz CT molecular complexity index is 879. The molecule has 0 aliphatic carbocycles. The van der Waals surface area contributed by atoms with Gasteiger partial charge in [-0.25, -0.2) is 4.98 Å². The number of aromatic nitrogens is 1. The van der Waals surface area contributed by atoms with Gasteiger partial charge in [-0.05, 0) is 24.3 Å². The summed E-state index contributed by atoms with van der Waals surface area (Å²) in [5.74, 6) is -0.904. The van der Waals surface area contributed by atoms with E-state index in [0.717, 1.165) is 11.3 Å². The summed E-state index contributed by atoms with van der Waals surface area (Å²) in [6, 6.07) is 14.5. The molecule has 0 unspecified atom stereocenters. The third-order valence-corrected chi connectivity index (χ3v) is 4.79. The Morgan fingerprint density at radius 2 is 1.83 bits per heavy atom. The van der Waals surface area contributed by atoms with Crippen molar-refractivity contribution in [1.29, 1.82) is 0 Å². The minimum absolute atomic E-state index is 0.0974. The van der Waals surface area contributed by atoms with Gasteiger partial charge in [-0.2, -0.15) is 0 Å². The topological polar surface area (TPSA) is 62.2 Å². The second kappa shape index (κ2) is 7.21. The summed E-state index contributed by atoms with van der Waals surface area (Å²) in [4.78, 5) is 16.4. The van der Waals surface area contributed by atoms with Crippen LogP contribution in [0.5, 0.6) is 0 Å². The summed E-state index contributed by atoms with van der Waals surface area (Å²) < 4.78 is 0. The van der Waals surface area contributed by atoms with Gasteiger partial charge in [0.05, 0.1) is 22.8 Å². The number of thiazole rings is 1. The van der Waals surface area contributed by atoms with E-state index in [-0.39, 0.29) is 6.42 Å². The number of nitrogens with one attached hydrogen (secondary N) is 1. The second-order valence-corrected chi connectivity index (χ2v) is 6.90. The number of rotatable bonds is 5. The molecule has 3 rings (SSSR count). The van der Waals surface area contributed by atoms with Gasteiger partial charge in [0, 0.05) is 15.5 Å². The number of hydrogen-bond acceptors (Lipinski definition) is 4. The molecule has 0 saturated heterocycles. The van der Waals surface area contributed by atoms with Crippen LogP contribution in [-0.2, 0) is 11.2 Å². The van der Waals surface area contributed by atoms with Gasteiger partial charge in [-0.15, -0.1) is 11.3 Å². The Morgan fingerprint density at radius 1 is 1.12 bits per heavy atom. The van der Waals surface area contributed by atoms with Crippen LogP contribution >= 0.6 is 34.5 Å². The number of carbonyl (C=O) groups is 1. The first-order valence-electron chi connectivity index (χ1n) is 7.02. The fourth-order valence-corrected chi connectivity index (χ4v) is 3.47. The van der Waals surface area contributed by atoms with Crippen LogP contribution in [0.25, 0.3) is 11.3 Å². The van der Waals surface area contributed by atoms with E-state index in [1.54, 1.807) is 18.2 Å². The first kappa shape index (κ1) is 16.8. The molecule has 0 aliphatic heterocycles. The molecule has 0 fully saturated rings. The predicted octanol–water partition coefficient (Wildman–Crippen LogP) is 5.49. The van der Waals surface area contributed by atoms with Crippen molar-refractivity contribution in [2.45, 2.75) is 6.42 Å². The highest BCUT2D eigenvalue weighted by molar-refractivity contribution is 7.16. The standard InChI is InChI=1S/C17H12Cl2N2O2S/c18-11-7-5-10(6-8-11)16-14(9-15(22)23)24-17(21-16)20-13-4-2-1-3-12(13)19/h1-8H,9H2,(H,20,21)(H,22,23). The van der Waals surface area contributed by atoms with Crippen molar-refractivity contribution in [3.63, 3.8) is 0 Å². The monoisotopic (exact) mass is 378 g/mol. The van der Waals surface area contributed by atoms with Crippen LogP contribution in [0.1, 0.15) is 4.88 Å². The maximum absolute atomic E-state index is 11.1. The number of hydrogen-bond donors (Lipinski definition) is 2. The Morgan fingerprint density at radius 3 is 2.50 bits per heavy atom. The number of benzene rings is 2. The average molecular weight is 379 g/mol. The van der Waals surface area contributed by atoms with Crippen molar-refractivity contribution in [1.82, 2.24) is 4.98 Å². The molecule has 3 aromatic rings. The highest BCUT2D eigenvalue weighted by Gasteiger charge is 2.16. The number of halogens is 2. The fourth-order valence-electron chi connectivity index (χ4n) is 2.17. The van der Waals surface area contributed by atoms with Gasteiger partial charge in [-0.3, -0.25) is 4.79 Å². The first-order valence-corrected chi connectivity index (χ1v) is 8.59. The van der Waals surface area contributed by atoms with Crippen LogP contribution in [0, 0.1) is 0 Å². The number of para-hydroxylation sites is 1. The molecule has 7 heteroatoms. The van der Waals surface area contributed by atoms with Crippen molar-refractivity contribution in [2.75, 3.05) is 5.32 Å². The quantitative estimate of drug-likeness (QED) is 0.616. The average Bonchev–Trinajstić information content (AvgIpc) is 2.92. The Balaban J connectivity index is 1.98. The van der Waals surface area contributed by atoms with Gasteiger partial charge in [0.2, 0.25) is 0 Å². The lowest BCUT2D eigenvalue weighted by molar-refractivity contribution is -0.136. The van der Waals surface area contributed by atoms with E-state index in [2.05, 4.69) is 10.3 Å². The van der Waals surface area contributed by atoms with Crippen LogP contribution in [0.2, 0.25) is 10.0 Å². The van der Waals surface area contributed by atoms with Crippen molar-refractivity contribution < 1.29 is 9.90 Å². The van der Waals surface area contributed by atoms with E-state index in [1.165, 1.54) is 11.3 Å². The highest BCUT2D eigenvalue weighted by Crippen LogP contribution is 2.35. The van der Waals surface area contributed by atoms with Crippen LogP contribution < -0.4 is 5.32 Å². The van der Waals surface area contributed by atoms with Gasteiger partial charge in [0.15, 0.2) is 5.13 Å². The molecule has 0 aliphatic rings. The van der Waals surface area contributed by atoms with Crippen LogP contribution in [0.4, 0.5) is 10.8 Å². The summed E-state index contributed by atoms with van der Waals surface area (Å²) in [6.07, 6.45) is -0.0974. The summed E-state index contributed by atoms with van der Waals surface area (Å²) in [7, 11) is 0. The van der Waals surface area contributed by atoms with Gasteiger partial charge in [0.1, 0.15) is 0 Å². The number of nitrogens with zero attached hydrogens (tertiary/aromatic N) is 1.